The maximum absolute atomic E-state index is 12.0. The molecule has 0 saturated heterocycles. The van der Waals surface area contributed by atoms with Crippen molar-refractivity contribution in [1.82, 2.24) is 20.9 Å². The maximum Gasteiger partial charge on any atom is 0.263 e. The van der Waals surface area contributed by atoms with Crippen molar-refractivity contribution in [1.29, 1.82) is 0 Å². The fraction of sp³-hybridized carbons (Fsp3) is 0.421. The second-order valence-corrected chi connectivity index (χ2v) is 6.95. The average molecular weight is 501 g/mol. The van der Waals surface area contributed by atoms with E-state index in [0.717, 1.165) is 24.5 Å². The summed E-state index contributed by atoms with van der Waals surface area (Å²) in [6.07, 6.45) is 2.04. The summed E-state index contributed by atoms with van der Waals surface area (Å²) in [6, 6.07) is 10.8. The molecule has 0 spiro atoms. The minimum atomic E-state index is -0.0778. The number of aromatic nitrogens is 1. The van der Waals surface area contributed by atoms with Gasteiger partial charge in [-0.25, -0.2) is 4.98 Å². The highest BCUT2D eigenvalue weighted by Crippen LogP contribution is 2.11. The van der Waals surface area contributed by atoms with Crippen LogP contribution in [0.1, 0.15) is 34.3 Å². The van der Waals surface area contributed by atoms with Crippen LogP contribution in [0.4, 0.5) is 0 Å². The van der Waals surface area contributed by atoms with Gasteiger partial charge in [0, 0.05) is 26.2 Å². The van der Waals surface area contributed by atoms with Crippen molar-refractivity contribution in [3.8, 4) is 0 Å². The molecule has 1 aromatic carbocycles. The lowest BCUT2D eigenvalue weighted by Gasteiger charge is -2.18. The van der Waals surface area contributed by atoms with E-state index in [9.17, 15) is 4.79 Å². The number of rotatable bonds is 8. The zero-order valence-corrected chi connectivity index (χ0v) is 19.1. The number of thiazole rings is 1. The predicted octanol–water partition coefficient (Wildman–Crippen LogP) is 2.99. The first-order valence-corrected chi connectivity index (χ1v) is 9.67. The molecule has 0 aliphatic carbocycles. The molecule has 0 saturated carbocycles. The van der Waals surface area contributed by atoms with Gasteiger partial charge in [-0.3, -0.25) is 9.79 Å². The minimum absolute atomic E-state index is 0. The van der Waals surface area contributed by atoms with Gasteiger partial charge in [-0.1, -0.05) is 30.3 Å². The number of carbonyl (C=O) groups excluding carboxylic acids is 1. The third-order valence-electron chi connectivity index (χ3n) is 3.97. The third-order valence-corrected chi connectivity index (χ3v) is 4.90. The standard InChI is InChI=1S/C19H27N5OS.HI/c1-14(9-10-16-7-5-4-6-8-16)24-19(20-3)22-12-11-21-18(25)17-15(2)23-13-26-17;/h4-8,13-14H,9-12H2,1-3H3,(H,21,25)(H2,20,22,24);1H. The number of carbonyl (C=O) groups is 1. The van der Waals surface area contributed by atoms with Crippen LogP contribution in [0.25, 0.3) is 0 Å². The Labute approximate surface area is 182 Å². The molecular formula is C19H28IN5OS. The van der Waals surface area contributed by atoms with Crippen LogP contribution < -0.4 is 16.0 Å². The number of nitrogens with zero attached hydrogens (tertiary/aromatic N) is 2. The average Bonchev–Trinajstić information content (AvgIpc) is 3.09. The minimum Gasteiger partial charge on any atom is -0.355 e. The van der Waals surface area contributed by atoms with Crippen LogP contribution in [0.3, 0.4) is 0 Å². The van der Waals surface area contributed by atoms with Crippen molar-refractivity contribution in [3.05, 3.63) is 52.0 Å². The van der Waals surface area contributed by atoms with Gasteiger partial charge in [-0.15, -0.1) is 35.3 Å². The highest BCUT2D eigenvalue weighted by Gasteiger charge is 2.11. The Morgan fingerprint density at radius 3 is 2.56 bits per heavy atom. The van der Waals surface area contributed by atoms with Crippen LogP contribution >= 0.6 is 35.3 Å². The molecule has 0 radical (unpaired) electrons. The van der Waals surface area contributed by atoms with Crippen molar-refractivity contribution in [2.45, 2.75) is 32.7 Å². The lowest BCUT2D eigenvalue weighted by molar-refractivity contribution is 0.0957. The molecule has 27 heavy (non-hydrogen) atoms. The van der Waals surface area contributed by atoms with Crippen molar-refractivity contribution < 1.29 is 4.79 Å². The molecule has 2 rings (SSSR count). The monoisotopic (exact) mass is 501 g/mol. The molecule has 2 aromatic rings. The summed E-state index contributed by atoms with van der Waals surface area (Å²) in [4.78, 5) is 21.0. The van der Waals surface area contributed by atoms with Crippen LogP contribution in [0, 0.1) is 6.92 Å². The largest absolute Gasteiger partial charge is 0.355 e. The molecule has 8 heteroatoms. The predicted molar refractivity (Wildman–Crippen MR) is 123 cm³/mol. The smallest absolute Gasteiger partial charge is 0.263 e. The molecule has 6 nitrogen and oxygen atoms in total. The number of aliphatic imine (C=N–C) groups is 1. The topological polar surface area (TPSA) is 78.4 Å². The number of halogens is 1. The van der Waals surface area contributed by atoms with Gasteiger partial charge < -0.3 is 16.0 Å². The molecule has 1 heterocycles. The summed E-state index contributed by atoms with van der Waals surface area (Å²) < 4.78 is 0. The van der Waals surface area contributed by atoms with Crippen molar-refractivity contribution in [3.63, 3.8) is 0 Å². The molecule has 0 aliphatic heterocycles. The SMILES string of the molecule is CN=C(NCCNC(=O)c1scnc1C)NC(C)CCc1ccccc1.I. The Hall–Kier alpha value is -1.68. The third kappa shape index (κ3) is 8.25. The Balaban J connectivity index is 0.00000364. The number of hydrogen-bond donors (Lipinski definition) is 3. The van der Waals surface area contributed by atoms with Crippen molar-refractivity contribution in [2.75, 3.05) is 20.1 Å². The van der Waals surface area contributed by atoms with Gasteiger partial charge in [0.05, 0.1) is 11.2 Å². The van der Waals surface area contributed by atoms with Crippen LogP contribution in [0.15, 0.2) is 40.8 Å². The zero-order valence-electron chi connectivity index (χ0n) is 16.0. The van der Waals surface area contributed by atoms with E-state index in [1.165, 1.54) is 16.9 Å². The van der Waals surface area contributed by atoms with Crippen LogP contribution in [0.2, 0.25) is 0 Å². The molecule has 1 atom stereocenters. The Morgan fingerprint density at radius 1 is 1.22 bits per heavy atom. The first-order valence-electron chi connectivity index (χ1n) is 8.79. The summed E-state index contributed by atoms with van der Waals surface area (Å²) in [6.45, 7) is 5.11. The van der Waals surface area contributed by atoms with E-state index in [1.54, 1.807) is 12.6 Å². The summed E-state index contributed by atoms with van der Waals surface area (Å²) >= 11 is 1.36. The van der Waals surface area contributed by atoms with Crippen molar-refractivity contribution >= 4 is 47.2 Å². The number of benzene rings is 1. The van der Waals surface area contributed by atoms with Crippen LogP contribution in [-0.2, 0) is 6.42 Å². The number of hydrogen-bond acceptors (Lipinski definition) is 4. The molecule has 1 amide bonds. The van der Waals surface area contributed by atoms with Crippen molar-refractivity contribution in [2.24, 2.45) is 4.99 Å². The van der Waals surface area contributed by atoms with Gasteiger partial charge in [0.25, 0.3) is 5.91 Å². The highest BCUT2D eigenvalue weighted by atomic mass is 127. The number of nitrogens with one attached hydrogen (secondary N) is 3. The molecule has 148 valence electrons. The molecular weight excluding hydrogens is 473 g/mol. The number of amides is 1. The van der Waals surface area contributed by atoms with Gasteiger partial charge in [0.15, 0.2) is 5.96 Å². The van der Waals surface area contributed by atoms with Gasteiger partial charge in [0.2, 0.25) is 0 Å². The van der Waals surface area contributed by atoms with E-state index < -0.39 is 0 Å². The lowest BCUT2D eigenvalue weighted by Crippen LogP contribution is -2.45. The lowest BCUT2D eigenvalue weighted by atomic mass is 10.1. The zero-order chi connectivity index (χ0) is 18.8. The first kappa shape index (κ1) is 23.4. The second-order valence-electron chi connectivity index (χ2n) is 6.09. The summed E-state index contributed by atoms with van der Waals surface area (Å²) in [5.74, 6) is 0.666. The maximum atomic E-state index is 12.0. The van der Waals surface area contributed by atoms with E-state index in [1.807, 2.05) is 13.0 Å². The molecule has 1 aromatic heterocycles. The van der Waals surface area contributed by atoms with Gasteiger partial charge in [0.1, 0.15) is 4.88 Å². The number of guanidine groups is 1. The quantitative estimate of drug-likeness (QED) is 0.225. The summed E-state index contributed by atoms with van der Waals surface area (Å²) in [5.41, 5.74) is 3.79. The summed E-state index contributed by atoms with van der Waals surface area (Å²) in [7, 11) is 1.75. The molecule has 0 bridgehead atoms. The second kappa shape index (κ2) is 12.7. The Kier molecular flexibility index (Phi) is 11.0. The van der Waals surface area contributed by atoms with E-state index in [2.05, 4.69) is 57.1 Å². The number of aryl methyl sites for hydroxylation is 2. The molecule has 0 aliphatic rings. The van der Waals surface area contributed by atoms with E-state index in [4.69, 9.17) is 0 Å². The van der Waals surface area contributed by atoms with E-state index >= 15 is 0 Å². The molecule has 3 N–H and O–H groups in total. The van der Waals surface area contributed by atoms with Crippen LogP contribution in [0.5, 0.6) is 0 Å². The van der Waals surface area contributed by atoms with E-state index in [-0.39, 0.29) is 29.9 Å². The van der Waals surface area contributed by atoms with Gasteiger partial charge in [-0.05, 0) is 32.3 Å². The Bertz CT molecular complexity index is 720. The molecule has 1 unspecified atom stereocenters. The Morgan fingerprint density at radius 2 is 1.93 bits per heavy atom. The van der Waals surface area contributed by atoms with Crippen LogP contribution in [-0.4, -0.2) is 43.0 Å². The highest BCUT2D eigenvalue weighted by molar-refractivity contribution is 14.0. The fourth-order valence-electron chi connectivity index (χ4n) is 2.49. The van der Waals surface area contributed by atoms with E-state index in [0.29, 0.717) is 24.0 Å². The first-order chi connectivity index (χ1) is 12.6. The normalized spacial score (nSPS) is 12.0. The summed E-state index contributed by atoms with van der Waals surface area (Å²) in [5, 5.41) is 9.50. The van der Waals surface area contributed by atoms with Gasteiger partial charge in [-0.2, -0.15) is 0 Å². The molecule has 0 fully saturated rings. The fourth-order valence-corrected chi connectivity index (χ4v) is 3.20. The van der Waals surface area contributed by atoms with Gasteiger partial charge >= 0.3 is 0 Å².